The maximum atomic E-state index is 12.0. The monoisotopic (exact) mass is 332 g/mol. The first-order valence-electron chi connectivity index (χ1n) is 8.23. The summed E-state index contributed by atoms with van der Waals surface area (Å²) in [7, 11) is -3.30. The Bertz CT molecular complexity index is 457. The summed E-state index contributed by atoms with van der Waals surface area (Å²) in [5, 5.41) is 6.39. The maximum Gasteiger partial charge on any atom is 0.213 e. The fraction of sp³-hybridized carbons (Fsp3) is 0.929. The van der Waals surface area contributed by atoms with Crippen molar-refractivity contribution >= 4 is 16.0 Å². The lowest BCUT2D eigenvalue weighted by atomic mass is 10.1. The van der Waals surface area contributed by atoms with Gasteiger partial charge >= 0.3 is 0 Å². The fourth-order valence-corrected chi connectivity index (χ4v) is 3.19. The van der Waals surface area contributed by atoms with Crippen LogP contribution in [0.1, 0.15) is 39.0 Å². The smallest absolute Gasteiger partial charge is 0.213 e. The van der Waals surface area contributed by atoms with Gasteiger partial charge in [0.1, 0.15) is 0 Å². The normalized spacial score (nSPS) is 23.3. The van der Waals surface area contributed by atoms with Crippen LogP contribution in [0.25, 0.3) is 0 Å². The summed E-state index contributed by atoms with van der Waals surface area (Å²) < 4.78 is 32.1. The number of nitrogens with one attached hydrogen (secondary N) is 3. The number of ether oxygens (including phenoxy) is 1. The number of hydrogen-bond donors (Lipinski definition) is 3. The quantitative estimate of drug-likeness (QED) is 0.436. The molecule has 0 bridgehead atoms. The number of sulfonamides is 1. The molecule has 0 amide bonds. The van der Waals surface area contributed by atoms with Crippen molar-refractivity contribution in [1.29, 1.82) is 0 Å². The van der Waals surface area contributed by atoms with E-state index in [0.717, 1.165) is 45.3 Å². The molecule has 1 aliphatic carbocycles. The molecule has 2 rings (SSSR count). The summed E-state index contributed by atoms with van der Waals surface area (Å²) in [5.74, 6) is 0.705. The third-order valence-electron chi connectivity index (χ3n) is 3.70. The van der Waals surface area contributed by atoms with Crippen LogP contribution < -0.4 is 15.4 Å². The summed E-state index contributed by atoms with van der Waals surface area (Å²) in [6, 6.07) is 0.496. The molecule has 0 radical (unpaired) electrons. The highest BCUT2D eigenvalue weighted by Gasteiger charge is 2.22. The highest BCUT2D eigenvalue weighted by Crippen LogP contribution is 2.18. The van der Waals surface area contributed by atoms with Crippen LogP contribution in [0.2, 0.25) is 0 Å². The Morgan fingerprint density at radius 1 is 1.27 bits per heavy atom. The van der Waals surface area contributed by atoms with Crippen molar-refractivity contribution in [2.24, 2.45) is 4.99 Å². The first-order valence-corrected chi connectivity index (χ1v) is 9.88. The molecule has 0 aromatic carbocycles. The highest BCUT2D eigenvalue weighted by atomic mass is 32.2. The first-order chi connectivity index (χ1) is 10.6. The summed E-state index contributed by atoms with van der Waals surface area (Å²) in [6.45, 7) is 4.11. The minimum atomic E-state index is -3.30. The summed E-state index contributed by atoms with van der Waals surface area (Å²) in [5.41, 5.74) is 0. The van der Waals surface area contributed by atoms with Crippen molar-refractivity contribution in [3.63, 3.8) is 0 Å². The second kappa shape index (κ2) is 8.69. The molecule has 0 aromatic rings. The molecule has 1 heterocycles. The predicted octanol–water partition coefficient (Wildman–Crippen LogP) is 0.192. The molecule has 1 aliphatic heterocycles. The van der Waals surface area contributed by atoms with E-state index < -0.39 is 10.0 Å². The molecule has 22 heavy (non-hydrogen) atoms. The Hall–Kier alpha value is -0.860. The molecule has 128 valence electrons. The van der Waals surface area contributed by atoms with Crippen LogP contribution in [0.15, 0.2) is 4.99 Å². The lowest BCUT2D eigenvalue weighted by Crippen LogP contribution is -2.39. The van der Waals surface area contributed by atoms with Gasteiger partial charge in [-0.2, -0.15) is 0 Å². The predicted molar refractivity (Wildman–Crippen MR) is 87.5 cm³/mol. The van der Waals surface area contributed by atoms with Gasteiger partial charge in [-0.05, 0) is 39.0 Å². The third-order valence-corrected chi connectivity index (χ3v) is 5.02. The van der Waals surface area contributed by atoms with Gasteiger partial charge in [0.25, 0.3) is 0 Å². The maximum absolute atomic E-state index is 12.0. The Balaban J connectivity index is 1.70. The molecule has 7 nitrogen and oxygen atoms in total. The van der Waals surface area contributed by atoms with E-state index in [4.69, 9.17) is 4.74 Å². The summed E-state index contributed by atoms with van der Waals surface area (Å²) in [6.07, 6.45) is 5.43. The van der Waals surface area contributed by atoms with Crippen LogP contribution in [0, 0.1) is 0 Å². The Kier molecular flexibility index (Phi) is 6.91. The van der Waals surface area contributed by atoms with Crippen molar-refractivity contribution in [2.75, 3.05) is 32.0 Å². The second-order valence-electron chi connectivity index (χ2n) is 5.84. The summed E-state index contributed by atoms with van der Waals surface area (Å²) in [4.78, 5) is 4.32. The van der Waals surface area contributed by atoms with E-state index in [1.165, 1.54) is 0 Å². The van der Waals surface area contributed by atoms with E-state index in [2.05, 4.69) is 20.3 Å². The van der Waals surface area contributed by atoms with Crippen LogP contribution in [-0.4, -0.2) is 58.5 Å². The molecule has 0 spiro atoms. The minimum absolute atomic E-state index is 0.000953. The molecule has 1 atom stereocenters. The van der Waals surface area contributed by atoms with Gasteiger partial charge in [-0.3, -0.25) is 4.99 Å². The van der Waals surface area contributed by atoms with Gasteiger partial charge in [0.05, 0.1) is 18.4 Å². The van der Waals surface area contributed by atoms with Gasteiger partial charge in [0, 0.05) is 25.7 Å². The van der Waals surface area contributed by atoms with E-state index in [1.807, 2.05) is 6.92 Å². The van der Waals surface area contributed by atoms with E-state index in [9.17, 15) is 8.42 Å². The van der Waals surface area contributed by atoms with Gasteiger partial charge < -0.3 is 15.4 Å². The van der Waals surface area contributed by atoms with Gasteiger partial charge in [0.2, 0.25) is 10.0 Å². The van der Waals surface area contributed by atoms with Gasteiger partial charge in [-0.25, -0.2) is 13.1 Å². The van der Waals surface area contributed by atoms with Crippen LogP contribution in [0.3, 0.4) is 0 Å². The highest BCUT2D eigenvalue weighted by molar-refractivity contribution is 7.89. The van der Waals surface area contributed by atoms with Crippen molar-refractivity contribution < 1.29 is 13.2 Å². The Morgan fingerprint density at radius 2 is 2.09 bits per heavy atom. The van der Waals surface area contributed by atoms with Crippen molar-refractivity contribution in [3.05, 3.63) is 0 Å². The molecule has 2 aliphatic rings. The number of hydrogen-bond acceptors (Lipinski definition) is 4. The standard InChI is InChI=1S/C14H28N4O3S/c1-2-15-14(18-12-6-7-12)16-8-10-22(19,20)17-11-13-5-3-4-9-21-13/h12-13,17H,2-11H2,1H3,(H2,15,16,18). The molecule has 1 saturated heterocycles. The molecule has 2 fully saturated rings. The molecule has 1 unspecified atom stereocenters. The number of aliphatic imine (C=N–C) groups is 1. The van der Waals surface area contributed by atoms with E-state index in [-0.39, 0.29) is 18.4 Å². The number of guanidine groups is 1. The number of nitrogens with zero attached hydrogens (tertiary/aromatic N) is 1. The van der Waals surface area contributed by atoms with Crippen LogP contribution in [0.5, 0.6) is 0 Å². The molecule has 0 aromatic heterocycles. The van der Waals surface area contributed by atoms with Gasteiger partial charge in [-0.15, -0.1) is 0 Å². The van der Waals surface area contributed by atoms with Gasteiger partial charge in [-0.1, -0.05) is 0 Å². The molecule has 1 saturated carbocycles. The van der Waals surface area contributed by atoms with E-state index in [1.54, 1.807) is 0 Å². The number of rotatable bonds is 8. The van der Waals surface area contributed by atoms with E-state index in [0.29, 0.717) is 18.5 Å². The van der Waals surface area contributed by atoms with Crippen molar-refractivity contribution in [2.45, 2.75) is 51.2 Å². The lowest BCUT2D eigenvalue weighted by molar-refractivity contribution is 0.0200. The second-order valence-corrected chi connectivity index (χ2v) is 7.76. The molecular formula is C14H28N4O3S. The average molecular weight is 332 g/mol. The molecule has 8 heteroatoms. The Labute approximate surface area is 133 Å². The summed E-state index contributed by atoms with van der Waals surface area (Å²) >= 11 is 0. The zero-order chi connectivity index (χ0) is 15.8. The lowest BCUT2D eigenvalue weighted by Gasteiger charge is -2.22. The van der Waals surface area contributed by atoms with E-state index >= 15 is 0 Å². The third kappa shape index (κ3) is 6.93. The Morgan fingerprint density at radius 3 is 2.73 bits per heavy atom. The minimum Gasteiger partial charge on any atom is -0.377 e. The SMILES string of the molecule is CCNC(=NCCS(=O)(=O)NCC1CCCCO1)NC1CC1. The van der Waals surface area contributed by atoms with Crippen LogP contribution in [0.4, 0.5) is 0 Å². The topological polar surface area (TPSA) is 91.8 Å². The largest absolute Gasteiger partial charge is 0.377 e. The van der Waals surface area contributed by atoms with Crippen LogP contribution in [-0.2, 0) is 14.8 Å². The first kappa shape index (κ1) is 17.5. The van der Waals surface area contributed by atoms with Crippen LogP contribution >= 0.6 is 0 Å². The fourth-order valence-electron chi connectivity index (χ4n) is 2.28. The van der Waals surface area contributed by atoms with Gasteiger partial charge in [0.15, 0.2) is 5.96 Å². The molecule has 3 N–H and O–H groups in total. The molecular weight excluding hydrogens is 304 g/mol. The van der Waals surface area contributed by atoms with Crippen molar-refractivity contribution in [3.8, 4) is 0 Å². The van der Waals surface area contributed by atoms with Crippen molar-refractivity contribution in [1.82, 2.24) is 15.4 Å². The average Bonchev–Trinajstić information content (AvgIpc) is 3.30. The zero-order valence-electron chi connectivity index (χ0n) is 13.3. The zero-order valence-corrected chi connectivity index (χ0v) is 14.1.